The van der Waals surface area contributed by atoms with Crippen LogP contribution in [0.15, 0.2) is 18.2 Å². The number of nitrogens with two attached hydrogens (primary N) is 1. The molecule has 1 atom stereocenters. The molecule has 1 aromatic carbocycles. The smallest absolute Gasteiger partial charge is 0.258 e. The lowest BCUT2D eigenvalue weighted by Gasteiger charge is -2.32. The third-order valence-electron chi connectivity index (χ3n) is 6.53. The van der Waals surface area contributed by atoms with Gasteiger partial charge in [0.05, 0.1) is 5.56 Å². The van der Waals surface area contributed by atoms with Gasteiger partial charge in [-0.3, -0.25) is 19.2 Å². The minimum Gasteiger partial charge on any atom is -0.484 e. The highest BCUT2D eigenvalue weighted by Crippen LogP contribution is 2.20. The normalized spacial score (nSPS) is 14.9. The van der Waals surface area contributed by atoms with E-state index in [9.17, 15) is 24.0 Å². The number of hydrogen-bond acceptors (Lipinski definition) is 8. The number of carbonyl (C=O) groups excluding carboxylic acids is 5. The number of ether oxygens (including phenoxy) is 1. The maximum atomic E-state index is 13.2. The largest absolute Gasteiger partial charge is 0.484 e. The maximum Gasteiger partial charge on any atom is 0.258 e. The topological polar surface area (TPSA) is 151 Å². The van der Waals surface area contributed by atoms with Gasteiger partial charge in [0.1, 0.15) is 18.1 Å². The van der Waals surface area contributed by atoms with Gasteiger partial charge in [0, 0.05) is 45.2 Å². The fraction of sp³-hybridized carbons (Fsp3) is 0.577. The van der Waals surface area contributed by atoms with E-state index in [1.807, 2.05) is 0 Å². The molecular weight excluding hydrogens is 478 g/mol. The molecule has 11 nitrogen and oxygen atoms in total. The SMILES string of the molecule is CNC(=O)C(CCC=O)N(C)C(=O)c1cc(OCC(=O)NC2CCN(CCCCN)CC2)ccc1C=O. The molecule has 0 aromatic heterocycles. The van der Waals surface area contributed by atoms with E-state index in [4.69, 9.17) is 10.5 Å². The van der Waals surface area contributed by atoms with E-state index >= 15 is 0 Å². The van der Waals surface area contributed by atoms with Crippen molar-refractivity contribution in [3.05, 3.63) is 29.3 Å². The third-order valence-corrected chi connectivity index (χ3v) is 6.53. The quantitative estimate of drug-likeness (QED) is 0.223. The number of nitrogens with zero attached hydrogens (tertiary/aromatic N) is 2. The zero-order valence-electron chi connectivity index (χ0n) is 21.7. The lowest BCUT2D eigenvalue weighted by Crippen LogP contribution is -2.47. The average Bonchev–Trinajstić information content (AvgIpc) is 2.92. The Balaban J connectivity index is 1.96. The number of piperidine rings is 1. The van der Waals surface area contributed by atoms with Gasteiger partial charge in [0.2, 0.25) is 5.91 Å². The summed E-state index contributed by atoms with van der Waals surface area (Å²) in [5.41, 5.74) is 5.71. The van der Waals surface area contributed by atoms with Gasteiger partial charge in [-0.25, -0.2) is 0 Å². The molecular formula is C26H39N5O6. The second-order valence-electron chi connectivity index (χ2n) is 9.12. The molecule has 11 heteroatoms. The molecule has 204 valence electrons. The van der Waals surface area contributed by atoms with Crippen LogP contribution in [0, 0.1) is 0 Å². The molecule has 3 amide bonds. The van der Waals surface area contributed by atoms with Crippen molar-refractivity contribution < 1.29 is 28.7 Å². The zero-order chi connectivity index (χ0) is 27.2. The lowest BCUT2D eigenvalue weighted by molar-refractivity contribution is -0.125. The van der Waals surface area contributed by atoms with Gasteiger partial charge in [0.15, 0.2) is 12.9 Å². The molecule has 4 N–H and O–H groups in total. The van der Waals surface area contributed by atoms with Gasteiger partial charge < -0.3 is 35.7 Å². The van der Waals surface area contributed by atoms with E-state index in [1.54, 1.807) is 0 Å². The first-order valence-corrected chi connectivity index (χ1v) is 12.7. The van der Waals surface area contributed by atoms with E-state index in [0.717, 1.165) is 45.3 Å². The molecule has 1 aromatic rings. The first-order chi connectivity index (χ1) is 17.8. The highest BCUT2D eigenvalue weighted by Gasteiger charge is 2.28. The molecule has 1 aliphatic rings. The number of benzene rings is 1. The van der Waals surface area contributed by atoms with Crippen molar-refractivity contribution in [2.24, 2.45) is 5.73 Å². The van der Waals surface area contributed by atoms with E-state index < -0.39 is 17.9 Å². The maximum absolute atomic E-state index is 13.2. The van der Waals surface area contributed by atoms with Crippen molar-refractivity contribution in [3.8, 4) is 5.75 Å². The third kappa shape index (κ3) is 9.25. The summed E-state index contributed by atoms with van der Waals surface area (Å²) >= 11 is 0. The number of nitrogens with one attached hydrogen (secondary N) is 2. The molecule has 0 bridgehead atoms. The number of hydrogen-bond donors (Lipinski definition) is 3. The van der Waals surface area contributed by atoms with Crippen LogP contribution >= 0.6 is 0 Å². The highest BCUT2D eigenvalue weighted by molar-refractivity contribution is 6.03. The average molecular weight is 518 g/mol. The minimum atomic E-state index is -0.885. The monoisotopic (exact) mass is 517 g/mol. The Morgan fingerprint density at radius 2 is 1.95 bits per heavy atom. The van der Waals surface area contributed by atoms with Crippen molar-refractivity contribution in [2.45, 2.75) is 50.6 Å². The summed E-state index contributed by atoms with van der Waals surface area (Å²) in [6, 6.07) is 3.52. The second kappa shape index (κ2) is 15.7. The van der Waals surface area contributed by atoms with Crippen LogP contribution in [-0.4, -0.2) is 99.1 Å². The van der Waals surface area contributed by atoms with Crippen molar-refractivity contribution in [3.63, 3.8) is 0 Å². The number of likely N-dealkylation sites (N-methyl/N-ethyl adjacent to an activating group) is 2. The lowest BCUT2D eigenvalue weighted by atomic mass is 10.0. The molecule has 1 saturated heterocycles. The number of aldehydes is 2. The summed E-state index contributed by atoms with van der Waals surface area (Å²) < 4.78 is 5.61. The number of carbonyl (C=O) groups is 5. The summed E-state index contributed by atoms with van der Waals surface area (Å²) in [6.07, 6.45) is 5.29. The zero-order valence-corrected chi connectivity index (χ0v) is 21.7. The van der Waals surface area contributed by atoms with Gasteiger partial charge in [0.25, 0.3) is 11.8 Å². The number of rotatable bonds is 15. The predicted molar refractivity (Wildman–Crippen MR) is 138 cm³/mol. The molecule has 1 aliphatic heterocycles. The standard InChI is InChI=1S/C26H39N5O6/c1-28-25(35)23(6-5-15-32)30(2)26(36)22-16-21(8-7-19(22)17-33)37-18-24(34)29-20-9-13-31(14-10-20)12-4-3-11-27/h7-8,15-17,20,23H,3-6,9-14,18,27H2,1-2H3,(H,28,35)(H,29,34). The van der Waals surface area contributed by atoms with Crippen LogP contribution < -0.4 is 21.1 Å². The van der Waals surface area contributed by atoms with E-state index in [1.165, 1.54) is 37.2 Å². The summed E-state index contributed by atoms with van der Waals surface area (Å²) in [4.78, 5) is 63.8. The first-order valence-electron chi connectivity index (χ1n) is 12.7. The van der Waals surface area contributed by atoms with Gasteiger partial charge in [-0.2, -0.15) is 0 Å². The van der Waals surface area contributed by atoms with Crippen LogP contribution in [0.25, 0.3) is 0 Å². The van der Waals surface area contributed by atoms with Crippen LogP contribution in [0.3, 0.4) is 0 Å². The Morgan fingerprint density at radius 3 is 2.57 bits per heavy atom. The first kappa shape index (κ1) is 29.9. The molecule has 1 heterocycles. The fourth-order valence-corrected chi connectivity index (χ4v) is 4.34. The van der Waals surface area contributed by atoms with E-state index in [-0.39, 0.29) is 48.3 Å². The van der Waals surface area contributed by atoms with Gasteiger partial charge in [-0.05, 0) is 63.4 Å². The van der Waals surface area contributed by atoms with Gasteiger partial charge >= 0.3 is 0 Å². The predicted octanol–water partition coefficient (Wildman–Crippen LogP) is 0.363. The minimum absolute atomic E-state index is 0.0393. The molecule has 1 fully saturated rings. The summed E-state index contributed by atoms with van der Waals surface area (Å²) in [7, 11) is 2.88. The summed E-state index contributed by atoms with van der Waals surface area (Å²) in [5, 5.41) is 5.48. The van der Waals surface area contributed by atoms with Crippen LogP contribution in [0.2, 0.25) is 0 Å². The number of likely N-dealkylation sites (tertiary alicyclic amines) is 1. The van der Waals surface area contributed by atoms with Crippen molar-refractivity contribution in [2.75, 3.05) is 46.9 Å². The van der Waals surface area contributed by atoms with E-state index in [2.05, 4.69) is 15.5 Å². The Kier molecular flexibility index (Phi) is 12.7. The van der Waals surface area contributed by atoms with Crippen molar-refractivity contribution in [1.29, 1.82) is 0 Å². The Morgan fingerprint density at radius 1 is 1.22 bits per heavy atom. The molecule has 0 spiro atoms. The van der Waals surface area contributed by atoms with Gasteiger partial charge in [-0.15, -0.1) is 0 Å². The van der Waals surface area contributed by atoms with Crippen molar-refractivity contribution >= 4 is 30.3 Å². The van der Waals surface area contributed by atoms with Crippen molar-refractivity contribution in [1.82, 2.24) is 20.4 Å². The molecule has 1 unspecified atom stereocenters. The van der Waals surface area contributed by atoms with Gasteiger partial charge in [-0.1, -0.05) is 0 Å². The number of unbranched alkanes of at least 4 members (excludes halogenated alkanes) is 1. The molecule has 0 saturated carbocycles. The summed E-state index contributed by atoms with van der Waals surface area (Å²) in [6.45, 7) is 3.34. The highest BCUT2D eigenvalue weighted by atomic mass is 16.5. The molecule has 2 rings (SSSR count). The van der Waals surface area contributed by atoms with E-state index in [0.29, 0.717) is 19.1 Å². The van der Waals surface area contributed by atoms with Crippen LogP contribution in [-0.2, 0) is 14.4 Å². The Hall–Kier alpha value is -3.31. The number of amides is 3. The van der Waals surface area contributed by atoms with Crippen LogP contribution in [0.5, 0.6) is 5.75 Å². The molecule has 37 heavy (non-hydrogen) atoms. The summed E-state index contributed by atoms with van der Waals surface area (Å²) in [5.74, 6) is -1.01. The fourth-order valence-electron chi connectivity index (χ4n) is 4.34. The van der Waals surface area contributed by atoms with Crippen LogP contribution in [0.1, 0.15) is 59.2 Å². The Labute approximate surface area is 218 Å². The second-order valence-corrected chi connectivity index (χ2v) is 9.12. The van der Waals surface area contributed by atoms with Crippen LogP contribution in [0.4, 0.5) is 0 Å². The Bertz CT molecular complexity index is 932. The molecule has 0 aliphatic carbocycles. The molecule has 0 radical (unpaired) electrons.